The first-order valence-electron chi connectivity index (χ1n) is 5.58. The summed E-state index contributed by atoms with van der Waals surface area (Å²) in [4.78, 5) is 15.6. The van der Waals surface area contributed by atoms with Crippen molar-refractivity contribution in [1.82, 2.24) is 15.1 Å². The Morgan fingerprint density at radius 2 is 2.13 bits per heavy atom. The summed E-state index contributed by atoms with van der Waals surface area (Å²) in [5, 5.41) is 2.80. The van der Waals surface area contributed by atoms with Crippen molar-refractivity contribution in [1.29, 1.82) is 0 Å². The molecule has 2 aliphatic heterocycles. The van der Waals surface area contributed by atoms with Gasteiger partial charge in [0, 0.05) is 32.7 Å². The number of ether oxygens (including phenoxy) is 1. The molecule has 15 heavy (non-hydrogen) atoms. The Hall–Kier alpha value is -0.810. The van der Waals surface area contributed by atoms with Crippen LogP contribution in [0.5, 0.6) is 0 Å². The zero-order valence-corrected chi connectivity index (χ0v) is 9.24. The van der Waals surface area contributed by atoms with E-state index >= 15 is 0 Å². The molecule has 0 aromatic rings. The van der Waals surface area contributed by atoms with E-state index in [0.717, 1.165) is 39.1 Å². The summed E-state index contributed by atoms with van der Waals surface area (Å²) in [7, 11) is 2.16. The standard InChI is InChI=1S/C10H19N3O2/c1-12-4-6-13(7-5-12)3-2-9-8-15-10(14)11-9/h9H,2-8H2,1H3,(H,11,14). The number of piperazine rings is 1. The van der Waals surface area contributed by atoms with Crippen LogP contribution in [0.25, 0.3) is 0 Å². The minimum atomic E-state index is -0.265. The van der Waals surface area contributed by atoms with Gasteiger partial charge in [-0.15, -0.1) is 0 Å². The molecule has 2 rings (SSSR count). The molecule has 1 unspecified atom stereocenters. The third kappa shape index (κ3) is 3.07. The first kappa shape index (κ1) is 10.7. The van der Waals surface area contributed by atoms with E-state index in [9.17, 15) is 4.79 Å². The molecule has 0 saturated carbocycles. The number of likely N-dealkylation sites (N-methyl/N-ethyl adjacent to an activating group) is 1. The molecule has 5 heteroatoms. The molecule has 0 radical (unpaired) electrons. The van der Waals surface area contributed by atoms with Gasteiger partial charge in [-0.25, -0.2) is 4.79 Å². The van der Waals surface area contributed by atoms with Gasteiger partial charge < -0.3 is 19.9 Å². The Morgan fingerprint density at radius 1 is 1.40 bits per heavy atom. The van der Waals surface area contributed by atoms with Crippen molar-refractivity contribution in [3.63, 3.8) is 0 Å². The first-order valence-corrected chi connectivity index (χ1v) is 5.58. The van der Waals surface area contributed by atoms with Crippen LogP contribution in [0.3, 0.4) is 0 Å². The molecule has 5 nitrogen and oxygen atoms in total. The smallest absolute Gasteiger partial charge is 0.407 e. The maximum Gasteiger partial charge on any atom is 0.407 e. The largest absolute Gasteiger partial charge is 0.447 e. The molecular weight excluding hydrogens is 194 g/mol. The summed E-state index contributed by atoms with van der Waals surface area (Å²) in [6.45, 7) is 6.16. The Bertz CT molecular complexity index is 227. The van der Waals surface area contributed by atoms with Crippen LogP contribution in [-0.2, 0) is 4.74 Å². The van der Waals surface area contributed by atoms with Gasteiger partial charge in [0.15, 0.2) is 0 Å². The van der Waals surface area contributed by atoms with E-state index in [2.05, 4.69) is 22.2 Å². The summed E-state index contributed by atoms with van der Waals surface area (Å²) in [6.07, 6.45) is 0.730. The quantitative estimate of drug-likeness (QED) is 0.701. The minimum Gasteiger partial charge on any atom is -0.447 e. The van der Waals surface area contributed by atoms with Gasteiger partial charge in [-0.3, -0.25) is 0 Å². The van der Waals surface area contributed by atoms with Gasteiger partial charge in [0.1, 0.15) is 6.61 Å². The normalized spacial score (nSPS) is 28.9. The van der Waals surface area contributed by atoms with Crippen molar-refractivity contribution in [3.8, 4) is 0 Å². The molecule has 0 bridgehead atoms. The van der Waals surface area contributed by atoms with Crippen LogP contribution in [-0.4, -0.2) is 68.3 Å². The van der Waals surface area contributed by atoms with Gasteiger partial charge >= 0.3 is 6.09 Å². The molecule has 1 atom stereocenters. The van der Waals surface area contributed by atoms with E-state index in [-0.39, 0.29) is 12.1 Å². The summed E-state index contributed by atoms with van der Waals surface area (Å²) in [5.41, 5.74) is 0. The number of rotatable bonds is 3. The number of cyclic esters (lactones) is 1. The summed E-state index contributed by atoms with van der Waals surface area (Å²) < 4.78 is 4.85. The summed E-state index contributed by atoms with van der Waals surface area (Å²) >= 11 is 0. The maximum absolute atomic E-state index is 10.8. The number of nitrogens with zero attached hydrogens (tertiary/aromatic N) is 2. The lowest BCUT2D eigenvalue weighted by molar-refractivity contribution is 0.147. The molecule has 86 valence electrons. The number of alkyl carbamates (subject to hydrolysis) is 1. The Morgan fingerprint density at radius 3 is 2.73 bits per heavy atom. The van der Waals surface area contributed by atoms with Crippen LogP contribution in [0.15, 0.2) is 0 Å². The highest BCUT2D eigenvalue weighted by molar-refractivity contribution is 5.69. The van der Waals surface area contributed by atoms with Crippen LogP contribution in [0, 0.1) is 0 Å². The Balaban J connectivity index is 1.63. The fraction of sp³-hybridized carbons (Fsp3) is 0.900. The van der Waals surface area contributed by atoms with Crippen LogP contribution >= 0.6 is 0 Å². The molecule has 0 aromatic carbocycles. The van der Waals surface area contributed by atoms with Crippen molar-refractivity contribution in [3.05, 3.63) is 0 Å². The van der Waals surface area contributed by atoms with E-state index < -0.39 is 0 Å². The number of hydrogen-bond donors (Lipinski definition) is 1. The lowest BCUT2D eigenvalue weighted by Crippen LogP contribution is -2.45. The fourth-order valence-electron chi connectivity index (χ4n) is 1.99. The fourth-order valence-corrected chi connectivity index (χ4v) is 1.99. The lowest BCUT2D eigenvalue weighted by atomic mass is 10.2. The second-order valence-corrected chi connectivity index (χ2v) is 4.37. The predicted octanol–water partition coefficient (Wildman–Crippen LogP) is -0.268. The monoisotopic (exact) mass is 213 g/mol. The topological polar surface area (TPSA) is 44.8 Å². The Labute approximate surface area is 90.4 Å². The van der Waals surface area contributed by atoms with Gasteiger partial charge in [0.2, 0.25) is 0 Å². The molecule has 0 spiro atoms. The van der Waals surface area contributed by atoms with E-state index in [0.29, 0.717) is 6.61 Å². The van der Waals surface area contributed by atoms with Crippen molar-refractivity contribution >= 4 is 6.09 Å². The molecule has 2 fully saturated rings. The first-order chi connectivity index (χ1) is 7.24. The van der Waals surface area contributed by atoms with Gasteiger partial charge in [0.05, 0.1) is 6.04 Å². The second-order valence-electron chi connectivity index (χ2n) is 4.37. The third-order valence-corrected chi connectivity index (χ3v) is 3.13. The molecule has 1 amide bonds. The highest BCUT2D eigenvalue weighted by Crippen LogP contribution is 2.05. The van der Waals surface area contributed by atoms with Crippen molar-refractivity contribution in [2.45, 2.75) is 12.5 Å². The second kappa shape index (κ2) is 4.81. The Kier molecular flexibility index (Phi) is 3.43. The third-order valence-electron chi connectivity index (χ3n) is 3.13. The van der Waals surface area contributed by atoms with E-state index in [1.54, 1.807) is 0 Å². The average Bonchev–Trinajstić information content (AvgIpc) is 2.64. The molecule has 0 aromatic heterocycles. The van der Waals surface area contributed by atoms with Crippen molar-refractivity contribution in [2.24, 2.45) is 0 Å². The zero-order valence-electron chi connectivity index (χ0n) is 9.24. The highest BCUT2D eigenvalue weighted by atomic mass is 16.6. The van der Waals surface area contributed by atoms with Gasteiger partial charge in [-0.05, 0) is 13.5 Å². The molecule has 2 heterocycles. The zero-order chi connectivity index (χ0) is 10.7. The van der Waals surface area contributed by atoms with Crippen molar-refractivity contribution < 1.29 is 9.53 Å². The summed E-state index contributed by atoms with van der Waals surface area (Å²) in [6, 6.07) is 0.220. The predicted molar refractivity (Wildman–Crippen MR) is 56.8 cm³/mol. The number of carbonyl (C=O) groups excluding carboxylic acids is 1. The SMILES string of the molecule is CN1CCN(CCC2COC(=O)N2)CC1. The van der Waals surface area contributed by atoms with E-state index in [4.69, 9.17) is 4.74 Å². The molecular formula is C10H19N3O2. The maximum atomic E-state index is 10.8. The van der Waals surface area contributed by atoms with Crippen LogP contribution in [0.4, 0.5) is 4.79 Å². The van der Waals surface area contributed by atoms with E-state index in [1.807, 2.05) is 0 Å². The number of nitrogens with one attached hydrogen (secondary N) is 1. The minimum absolute atomic E-state index is 0.220. The van der Waals surface area contributed by atoms with Crippen molar-refractivity contribution in [2.75, 3.05) is 46.4 Å². The van der Waals surface area contributed by atoms with Gasteiger partial charge in [0.25, 0.3) is 0 Å². The number of amides is 1. The average molecular weight is 213 g/mol. The molecule has 2 saturated heterocycles. The number of carbonyl (C=O) groups is 1. The van der Waals surface area contributed by atoms with Gasteiger partial charge in [-0.1, -0.05) is 0 Å². The van der Waals surface area contributed by atoms with Crippen LogP contribution < -0.4 is 5.32 Å². The molecule has 0 aliphatic carbocycles. The van der Waals surface area contributed by atoms with E-state index in [1.165, 1.54) is 0 Å². The van der Waals surface area contributed by atoms with Crippen LogP contribution in [0.1, 0.15) is 6.42 Å². The van der Waals surface area contributed by atoms with Gasteiger partial charge in [-0.2, -0.15) is 0 Å². The molecule has 1 N–H and O–H groups in total. The summed E-state index contributed by atoms with van der Waals surface area (Å²) in [5.74, 6) is 0. The van der Waals surface area contributed by atoms with Crippen LogP contribution in [0.2, 0.25) is 0 Å². The lowest BCUT2D eigenvalue weighted by Gasteiger charge is -2.32. The molecule has 2 aliphatic rings. The number of hydrogen-bond acceptors (Lipinski definition) is 4. The highest BCUT2D eigenvalue weighted by Gasteiger charge is 2.23.